The fourth-order valence-corrected chi connectivity index (χ4v) is 1.71. The van der Waals surface area contributed by atoms with Crippen LogP contribution in [-0.4, -0.2) is 17.0 Å². The predicted molar refractivity (Wildman–Crippen MR) is 73.8 cm³/mol. The minimum atomic E-state index is 0.419. The minimum absolute atomic E-state index is 0.419. The van der Waals surface area contributed by atoms with Crippen molar-refractivity contribution in [2.24, 2.45) is 5.73 Å². The van der Waals surface area contributed by atoms with E-state index in [1.807, 2.05) is 11.9 Å². The molecule has 1 aromatic heterocycles. The number of aromatic nitrogens is 2. The van der Waals surface area contributed by atoms with E-state index in [2.05, 4.69) is 41.2 Å². The fourth-order valence-electron chi connectivity index (χ4n) is 1.71. The Kier molecular flexibility index (Phi) is 3.89. The maximum Gasteiger partial charge on any atom is 0.151 e. The molecule has 0 atom stereocenters. The fraction of sp³-hybridized carbons (Fsp3) is 0.286. The van der Waals surface area contributed by atoms with Crippen molar-refractivity contribution in [2.45, 2.75) is 19.9 Å². The Morgan fingerprint density at radius 1 is 1.11 bits per heavy atom. The smallest absolute Gasteiger partial charge is 0.151 e. The third-order valence-electron chi connectivity index (χ3n) is 2.98. The average Bonchev–Trinajstić information content (AvgIpc) is 2.47. The summed E-state index contributed by atoms with van der Waals surface area (Å²) in [4.78, 5) is 10.6. The van der Waals surface area contributed by atoms with Crippen molar-refractivity contribution in [1.29, 1.82) is 0 Å². The van der Waals surface area contributed by atoms with Crippen molar-refractivity contribution in [2.75, 3.05) is 11.9 Å². The van der Waals surface area contributed by atoms with E-state index in [1.54, 1.807) is 12.4 Å². The highest BCUT2D eigenvalue weighted by Gasteiger charge is 2.05. The molecule has 2 rings (SSSR count). The standard InChI is InChI=1S/C14H18N4/c1-3-11-4-6-13(7-5-11)18(2)14-10-16-12(8-15)9-17-14/h4-7,9-10H,3,8,15H2,1-2H3. The summed E-state index contributed by atoms with van der Waals surface area (Å²) in [5, 5.41) is 0. The molecule has 2 N–H and O–H groups in total. The topological polar surface area (TPSA) is 55.0 Å². The average molecular weight is 242 g/mol. The molecule has 0 aliphatic heterocycles. The lowest BCUT2D eigenvalue weighted by atomic mass is 10.1. The van der Waals surface area contributed by atoms with Crippen LogP contribution < -0.4 is 10.6 Å². The van der Waals surface area contributed by atoms with Crippen molar-refractivity contribution in [3.05, 3.63) is 47.9 Å². The van der Waals surface area contributed by atoms with Gasteiger partial charge in [-0.05, 0) is 24.1 Å². The van der Waals surface area contributed by atoms with E-state index >= 15 is 0 Å². The first-order chi connectivity index (χ1) is 8.74. The van der Waals surface area contributed by atoms with Gasteiger partial charge in [0.05, 0.1) is 18.1 Å². The Morgan fingerprint density at radius 3 is 2.33 bits per heavy atom. The first-order valence-corrected chi connectivity index (χ1v) is 6.08. The Balaban J connectivity index is 2.20. The van der Waals surface area contributed by atoms with E-state index < -0.39 is 0 Å². The molecule has 0 aliphatic carbocycles. The number of anilines is 2. The normalized spacial score (nSPS) is 10.4. The molecule has 0 fully saturated rings. The van der Waals surface area contributed by atoms with Gasteiger partial charge in [0.1, 0.15) is 0 Å². The number of nitrogens with two attached hydrogens (primary N) is 1. The molecule has 2 aromatic rings. The van der Waals surface area contributed by atoms with Gasteiger partial charge in [0.15, 0.2) is 5.82 Å². The van der Waals surface area contributed by atoms with Crippen molar-refractivity contribution < 1.29 is 0 Å². The quantitative estimate of drug-likeness (QED) is 0.893. The molecular weight excluding hydrogens is 224 g/mol. The number of hydrogen-bond donors (Lipinski definition) is 1. The van der Waals surface area contributed by atoms with Crippen LogP contribution >= 0.6 is 0 Å². The molecule has 18 heavy (non-hydrogen) atoms. The Hall–Kier alpha value is -1.94. The van der Waals surface area contributed by atoms with Crippen LogP contribution in [0.25, 0.3) is 0 Å². The third-order valence-corrected chi connectivity index (χ3v) is 2.98. The van der Waals surface area contributed by atoms with E-state index in [4.69, 9.17) is 5.73 Å². The van der Waals surface area contributed by atoms with Gasteiger partial charge in [0, 0.05) is 19.3 Å². The number of aryl methyl sites for hydroxylation is 1. The summed E-state index contributed by atoms with van der Waals surface area (Å²) < 4.78 is 0. The maximum atomic E-state index is 5.50. The lowest BCUT2D eigenvalue weighted by Crippen LogP contribution is -2.12. The summed E-state index contributed by atoms with van der Waals surface area (Å²) in [7, 11) is 1.98. The highest BCUT2D eigenvalue weighted by molar-refractivity contribution is 5.58. The van der Waals surface area contributed by atoms with Gasteiger partial charge in [-0.25, -0.2) is 4.98 Å². The van der Waals surface area contributed by atoms with Crippen LogP contribution in [0.15, 0.2) is 36.7 Å². The SMILES string of the molecule is CCc1ccc(N(C)c2cnc(CN)cn2)cc1. The van der Waals surface area contributed by atoms with Gasteiger partial charge in [0.2, 0.25) is 0 Å². The number of benzene rings is 1. The second kappa shape index (κ2) is 5.60. The van der Waals surface area contributed by atoms with Crippen molar-refractivity contribution in [3.63, 3.8) is 0 Å². The van der Waals surface area contributed by atoms with Crippen molar-refractivity contribution in [3.8, 4) is 0 Å². The zero-order valence-electron chi connectivity index (χ0n) is 10.8. The van der Waals surface area contributed by atoms with Crippen LogP contribution in [0.2, 0.25) is 0 Å². The van der Waals surface area contributed by atoms with Gasteiger partial charge in [-0.15, -0.1) is 0 Å². The summed E-state index contributed by atoms with van der Waals surface area (Å²) in [5.74, 6) is 0.816. The van der Waals surface area contributed by atoms with Crippen molar-refractivity contribution in [1.82, 2.24) is 9.97 Å². The number of rotatable bonds is 4. The molecule has 4 heteroatoms. The van der Waals surface area contributed by atoms with E-state index in [9.17, 15) is 0 Å². The zero-order chi connectivity index (χ0) is 13.0. The van der Waals surface area contributed by atoms with Crippen LogP contribution in [0.4, 0.5) is 11.5 Å². The van der Waals surface area contributed by atoms with Gasteiger partial charge in [-0.2, -0.15) is 0 Å². The summed E-state index contributed by atoms with van der Waals surface area (Å²) in [6.45, 7) is 2.57. The molecule has 1 heterocycles. The second-order valence-electron chi connectivity index (χ2n) is 4.15. The molecule has 0 saturated heterocycles. The molecular formula is C14H18N4. The van der Waals surface area contributed by atoms with Gasteiger partial charge in [0.25, 0.3) is 0 Å². The van der Waals surface area contributed by atoms with E-state index in [0.717, 1.165) is 23.6 Å². The minimum Gasteiger partial charge on any atom is -0.328 e. The molecule has 1 aromatic carbocycles. The molecule has 94 valence electrons. The van der Waals surface area contributed by atoms with E-state index in [-0.39, 0.29) is 0 Å². The molecule has 0 radical (unpaired) electrons. The summed E-state index contributed by atoms with van der Waals surface area (Å²) >= 11 is 0. The van der Waals surface area contributed by atoms with Crippen LogP contribution in [-0.2, 0) is 13.0 Å². The van der Waals surface area contributed by atoms with Gasteiger partial charge < -0.3 is 10.6 Å². The molecule has 0 spiro atoms. The molecule has 4 nitrogen and oxygen atoms in total. The molecule has 0 amide bonds. The van der Waals surface area contributed by atoms with E-state index in [0.29, 0.717) is 6.54 Å². The molecule has 0 unspecified atom stereocenters. The van der Waals surface area contributed by atoms with Crippen LogP contribution in [0.3, 0.4) is 0 Å². The predicted octanol–water partition coefficient (Wildman–Crippen LogP) is 2.27. The molecule has 0 saturated carbocycles. The summed E-state index contributed by atoms with van der Waals surface area (Å²) in [6.07, 6.45) is 4.51. The number of nitrogens with zero attached hydrogens (tertiary/aromatic N) is 3. The first-order valence-electron chi connectivity index (χ1n) is 6.08. The zero-order valence-corrected chi connectivity index (χ0v) is 10.8. The summed E-state index contributed by atoms with van der Waals surface area (Å²) in [5.41, 5.74) is 8.73. The largest absolute Gasteiger partial charge is 0.328 e. The number of hydrogen-bond acceptors (Lipinski definition) is 4. The Morgan fingerprint density at radius 2 is 1.83 bits per heavy atom. The van der Waals surface area contributed by atoms with E-state index in [1.165, 1.54) is 5.56 Å². The lowest BCUT2D eigenvalue weighted by molar-refractivity contribution is 0.952. The Labute approximate surface area is 107 Å². The third kappa shape index (κ3) is 2.65. The lowest BCUT2D eigenvalue weighted by Gasteiger charge is -2.18. The molecule has 0 bridgehead atoms. The van der Waals surface area contributed by atoms with Gasteiger partial charge in [-0.1, -0.05) is 19.1 Å². The summed E-state index contributed by atoms with van der Waals surface area (Å²) in [6, 6.07) is 8.45. The van der Waals surface area contributed by atoms with Crippen molar-refractivity contribution >= 4 is 11.5 Å². The van der Waals surface area contributed by atoms with Crippen LogP contribution in [0, 0.1) is 0 Å². The molecule has 0 aliphatic rings. The Bertz CT molecular complexity index is 443. The highest BCUT2D eigenvalue weighted by atomic mass is 15.2. The van der Waals surface area contributed by atoms with Crippen LogP contribution in [0.5, 0.6) is 0 Å². The van der Waals surface area contributed by atoms with Crippen LogP contribution in [0.1, 0.15) is 18.2 Å². The second-order valence-corrected chi connectivity index (χ2v) is 4.15. The first kappa shape index (κ1) is 12.5. The highest BCUT2D eigenvalue weighted by Crippen LogP contribution is 2.21. The monoisotopic (exact) mass is 242 g/mol. The van der Waals surface area contributed by atoms with Gasteiger partial charge in [-0.3, -0.25) is 4.98 Å². The maximum absolute atomic E-state index is 5.50. The van der Waals surface area contributed by atoms with Gasteiger partial charge >= 0.3 is 0 Å².